The molecule has 0 amide bonds. The summed E-state index contributed by atoms with van der Waals surface area (Å²) >= 11 is 0. The first kappa shape index (κ1) is 17.1. The monoisotopic (exact) mass is 358 g/mol. The molecule has 4 aromatic rings. The highest BCUT2D eigenvalue weighted by molar-refractivity contribution is 5.74. The van der Waals surface area contributed by atoms with Crippen molar-refractivity contribution in [2.45, 2.75) is 20.8 Å². The van der Waals surface area contributed by atoms with E-state index in [9.17, 15) is 4.39 Å². The minimum atomic E-state index is -0.281. The van der Waals surface area contributed by atoms with Crippen LogP contribution in [0.15, 0.2) is 71.0 Å². The van der Waals surface area contributed by atoms with Crippen LogP contribution < -0.4 is 0 Å². The van der Waals surface area contributed by atoms with E-state index in [1.807, 2.05) is 55.6 Å². The lowest BCUT2D eigenvalue weighted by atomic mass is 10.1. The van der Waals surface area contributed by atoms with Crippen LogP contribution in [0.5, 0.6) is 0 Å². The third kappa shape index (κ3) is 3.36. The zero-order valence-corrected chi connectivity index (χ0v) is 15.4. The fourth-order valence-electron chi connectivity index (χ4n) is 2.96. The van der Waals surface area contributed by atoms with Gasteiger partial charge in [-0.25, -0.2) is 9.37 Å². The predicted molar refractivity (Wildman–Crippen MR) is 105 cm³/mol. The summed E-state index contributed by atoms with van der Waals surface area (Å²) in [5.74, 6) is 0.342. The second-order valence-electron chi connectivity index (χ2n) is 6.71. The Morgan fingerprint density at radius 2 is 1.59 bits per heavy atom. The Labute approximate surface area is 157 Å². The lowest BCUT2D eigenvalue weighted by Gasteiger charge is -2.02. The Morgan fingerprint density at radius 3 is 2.37 bits per heavy atom. The molecule has 0 aliphatic rings. The molecular weight excluding hydrogens is 339 g/mol. The summed E-state index contributed by atoms with van der Waals surface area (Å²) in [6, 6.07) is 16.3. The number of rotatable bonds is 3. The molecule has 2 heterocycles. The molecule has 2 aromatic carbocycles. The summed E-state index contributed by atoms with van der Waals surface area (Å²) in [4.78, 5) is 4.71. The van der Waals surface area contributed by atoms with Crippen molar-refractivity contribution in [1.29, 1.82) is 0 Å². The van der Waals surface area contributed by atoms with E-state index in [4.69, 9.17) is 4.98 Å². The third-order valence-corrected chi connectivity index (χ3v) is 4.49. The zero-order valence-electron chi connectivity index (χ0n) is 15.4. The maximum atomic E-state index is 13.3. The van der Waals surface area contributed by atoms with Crippen molar-refractivity contribution in [3.63, 3.8) is 0 Å². The number of fused-ring (bicyclic) bond motifs is 1. The second-order valence-corrected chi connectivity index (χ2v) is 6.71. The highest BCUT2D eigenvalue weighted by Gasteiger charge is 2.14. The van der Waals surface area contributed by atoms with Gasteiger partial charge in [-0.2, -0.15) is 0 Å². The van der Waals surface area contributed by atoms with E-state index in [0.717, 1.165) is 33.6 Å². The highest BCUT2D eigenvalue weighted by Crippen LogP contribution is 2.33. The normalized spacial score (nSPS) is 11.6. The third-order valence-electron chi connectivity index (χ3n) is 4.49. The molecule has 2 aromatic heterocycles. The second kappa shape index (κ2) is 6.76. The quantitative estimate of drug-likeness (QED) is 0.386. The average Bonchev–Trinajstić information content (AvgIpc) is 3.00. The number of pyridine rings is 1. The molecule has 5 heteroatoms. The lowest BCUT2D eigenvalue weighted by molar-refractivity contribution is 0.628. The number of hydrogen-bond donors (Lipinski definition) is 0. The maximum Gasteiger partial charge on any atom is 0.187 e. The number of hydrogen-bond acceptors (Lipinski definition) is 3. The number of aromatic nitrogens is 2. The van der Waals surface area contributed by atoms with E-state index in [-0.39, 0.29) is 5.82 Å². The number of aryl methyl sites for hydroxylation is 3. The minimum absolute atomic E-state index is 0.281. The molecule has 0 N–H and O–H groups in total. The van der Waals surface area contributed by atoms with Crippen LogP contribution in [0.3, 0.4) is 0 Å². The standard InChI is InChI=1S/C22H19FN4/c1-14-4-5-16(3)19(12-14)25-26-22-21(17-6-8-18(23)9-7-17)24-20-13-15(2)10-11-27(20)22/h4-13H,1-3H3. The number of nitrogens with zero attached hydrogens (tertiary/aromatic N) is 4. The molecule has 0 atom stereocenters. The molecular formula is C22H19FN4. The van der Waals surface area contributed by atoms with Crippen LogP contribution in [0, 0.1) is 26.6 Å². The topological polar surface area (TPSA) is 42.0 Å². The molecule has 0 spiro atoms. The molecule has 27 heavy (non-hydrogen) atoms. The van der Waals surface area contributed by atoms with Crippen LogP contribution >= 0.6 is 0 Å². The molecule has 0 unspecified atom stereocenters. The van der Waals surface area contributed by atoms with E-state index >= 15 is 0 Å². The van der Waals surface area contributed by atoms with Gasteiger partial charge in [0.2, 0.25) is 0 Å². The van der Waals surface area contributed by atoms with E-state index in [1.165, 1.54) is 12.1 Å². The van der Waals surface area contributed by atoms with E-state index in [2.05, 4.69) is 16.3 Å². The Hall–Kier alpha value is -3.34. The molecule has 0 saturated heterocycles. The molecule has 0 fully saturated rings. The van der Waals surface area contributed by atoms with Gasteiger partial charge in [0.15, 0.2) is 5.82 Å². The Kier molecular flexibility index (Phi) is 4.28. The van der Waals surface area contributed by atoms with Gasteiger partial charge in [-0.1, -0.05) is 12.1 Å². The molecule has 4 nitrogen and oxygen atoms in total. The number of benzene rings is 2. The van der Waals surface area contributed by atoms with Gasteiger partial charge in [-0.3, -0.25) is 4.40 Å². The van der Waals surface area contributed by atoms with Gasteiger partial charge in [0, 0.05) is 11.8 Å². The van der Waals surface area contributed by atoms with Crippen molar-refractivity contribution in [1.82, 2.24) is 9.38 Å². The smallest absolute Gasteiger partial charge is 0.187 e. The Bertz CT molecular complexity index is 1160. The number of azo groups is 1. The maximum absolute atomic E-state index is 13.3. The van der Waals surface area contributed by atoms with Gasteiger partial charge in [-0.15, -0.1) is 10.2 Å². The summed E-state index contributed by atoms with van der Waals surface area (Å²) in [7, 11) is 0. The van der Waals surface area contributed by atoms with Crippen molar-refractivity contribution in [2.75, 3.05) is 0 Å². The SMILES string of the molecule is Cc1ccc(C)c(N=Nc2c(-c3ccc(F)cc3)nc3cc(C)ccn23)c1. The van der Waals surface area contributed by atoms with Gasteiger partial charge in [0.1, 0.15) is 17.2 Å². The molecule has 0 radical (unpaired) electrons. The van der Waals surface area contributed by atoms with Gasteiger partial charge in [0.05, 0.1) is 5.69 Å². The van der Waals surface area contributed by atoms with Crippen molar-refractivity contribution in [3.8, 4) is 11.3 Å². The Morgan fingerprint density at radius 1 is 0.852 bits per heavy atom. The summed E-state index contributed by atoms with van der Waals surface area (Å²) < 4.78 is 15.2. The molecule has 0 bridgehead atoms. The summed E-state index contributed by atoms with van der Waals surface area (Å²) in [6.07, 6.45) is 1.93. The zero-order chi connectivity index (χ0) is 19.0. The van der Waals surface area contributed by atoms with Gasteiger partial charge < -0.3 is 0 Å². The van der Waals surface area contributed by atoms with Crippen molar-refractivity contribution in [2.24, 2.45) is 10.2 Å². The van der Waals surface area contributed by atoms with Gasteiger partial charge in [0.25, 0.3) is 0 Å². The van der Waals surface area contributed by atoms with Gasteiger partial charge >= 0.3 is 0 Å². The fourth-order valence-corrected chi connectivity index (χ4v) is 2.96. The summed E-state index contributed by atoms with van der Waals surface area (Å²) in [5, 5.41) is 9.00. The fraction of sp³-hybridized carbons (Fsp3) is 0.136. The minimum Gasteiger partial charge on any atom is -0.283 e. The highest BCUT2D eigenvalue weighted by atomic mass is 19.1. The first-order valence-electron chi connectivity index (χ1n) is 8.75. The number of imidazole rings is 1. The van der Waals surface area contributed by atoms with Crippen LogP contribution in [0.4, 0.5) is 15.9 Å². The predicted octanol–water partition coefficient (Wildman–Crippen LogP) is 6.48. The van der Waals surface area contributed by atoms with E-state index in [1.54, 1.807) is 12.1 Å². The van der Waals surface area contributed by atoms with Gasteiger partial charge in [-0.05, 0) is 79.9 Å². The van der Waals surface area contributed by atoms with E-state index in [0.29, 0.717) is 11.5 Å². The molecule has 0 aliphatic heterocycles. The van der Waals surface area contributed by atoms with Crippen LogP contribution in [0.25, 0.3) is 16.9 Å². The lowest BCUT2D eigenvalue weighted by Crippen LogP contribution is -1.84. The summed E-state index contributed by atoms with van der Waals surface area (Å²) in [5.41, 5.74) is 6.37. The van der Waals surface area contributed by atoms with Crippen LogP contribution in [-0.4, -0.2) is 9.38 Å². The first-order valence-corrected chi connectivity index (χ1v) is 8.75. The first-order chi connectivity index (χ1) is 13.0. The molecule has 134 valence electrons. The number of halogens is 1. The summed E-state index contributed by atoms with van der Waals surface area (Å²) in [6.45, 7) is 6.05. The van der Waals surface area contributed by atoms with Crippen LogP contribution in [0.2, 0.25) is 0 Å². The molecule has 0 saturated carbocycles. The molecule has 0 aliphatic carbocycles. The largest absolute Gasteiger partial charge is 0.283 e. The van der Waals surface area contributed by atoms with E-state index < -0.39 is 0 Å². The van der Waals surface area contributed by atoms with Crippen molar-refractivity contribution >= 4 is 17.2 Å². The molecule has 4 rings (SSSR count). The van der Waals surface area contributed by atoms with Crippen LogP contribution in [0.1, 0.15) is 16.7 Å². The van der Waals surface area contributed by atoms with Crippen molar-refractivity contribution in [3.05, 3.63) is 83.3 Å². The average molecular weight is 358 g/mol. The Balaban J connectivity index is 1.89. The van der Waals surface area contributed by atoms with Crippen LogP contribution in [-0.2, 0) is 0 Å². The van der Waals surface area contributed by atoms with Crippen molar-refractivity contribution < 1.29 is 4.39 Å².